The van der Waals surface area contributed by atoms with Crippen LogP contribution in [0.4, 0.5) is 0 Å². The van der Waals surface area contributed by atoms with E-state index in [1.165, 1.54) is 0 Å². The number of carboxylic acid groups (broad SMARTS) is 1. The monoisotopic (exact) mass is 286 g/mol. The fraction of sp³-hybridized carbons (Fsp3) is 0.0769. The minimum absolute atomic E-state index is 0.103. The number of nitriles is 1. The van der Waals surface area contributed by atoms with Gasteiger partial charge in [0.1, 0.15) is 11.6 Å². The first-order valence-corrected chi connectivity index (χ1v) is 6.53. The van der Waals surface area contributed by atoms with Crippen LogP contribution in [0.5, 0.6) is 0 Å². The summed E-state index contributed by atoms with van der Waals surface area (Å²) < 4.78 is 0. The van der Waals surface area contributed by atoms with Crippen molar-refractivity contribution < 1.29 is 9.90 Å². The number of benzene rings is 1. The number of carbonyl (C=O) groups is 1. The molecule has 0 amide bonds. The van der Waals surface area contributed by atoms with Crippen molar-refractivity contribution in [2.24, 2.45) is 0 Å². The van der Waals surface area contributed by atoms with Gasteiger partial charge in [-0.1, -0.05) is 42.1 Å². The molecule has 20 heavy (non-hydrogen) atoms. The van der Waals surface area contributed by atoms with Gasteiger partial charge in [0.15, 0.2) is 5.16 Å². The number of carboxylic acids is 1. The lowest BCUT2D eigenvalue weighted by atomic mass is 10.1. The lowest BCUT2D eigenvalue weighted by Gasteiger charge is -2.06. The van der Waals surface area contributed by atoms with Gasteiger partial charge in [0.05, 0.1) is 11.7 Å². The third-order valence-electron chi connectivity index (χ3n) is 2.38. The first kappa shape index (κ1) is 13.8. The SMILES string of the molecule is N#Cc1c(-c2ccccc2)nc(SCC(=O)[O-])[nH]c1=O. The van der Waals surface area contributed by atoms with Crippen molar-refractivity contribution in [1.29, 1.82) is 5.26 Å². The van der Waals surface area contributed by atoms with Crippen LogP contribution in [0.25, 0.3) is 11.3 Å². The number of aliphatic carboxylic acids is 1. The maximum atomic E-state index is 11.8. The molecule has 1 aromatic carbocycles. The summed E-state index contributed by atoms with van der Waals surface area (Å²) in [6.07, 6.45) is 0. The molecule has 0 atom stereocenters. The van der Waals surface area contributed by atoms with Gasteiger partial charge < -0.3 is 14.9 Å². The minimum Gasteiger partial charge on any atom is -0.549 e. The Kier molecular flexibility index (Phi) is 4.17. The summed E-state index contributed by atoms with van der Waals surface area (Å²) in [6, 6.07) is 10.6. The highest BCUT2D eigenvalue weighted by atomic mass is 32.2. The summed E-state index contributed by atoms with van der Waals surface area (Å²) in [6.45, 7) is 0. The van der Waals surface area contributed by atoms with E-state index in [4.69, 9.17) is 5.26 Å². The number of carbonyl (C=O) groups excluding carboxylic acids is 1. The first-order chi connectivity index (χ1) is 9.61. The van der Waals surface area contributed by atoms with Crippen molar-refractivity contribution in [2.45, 2.75) is 5.16 Å². The number of aromatic nitrogens is 2. The number of rotatable bonds is 4. The maximum Gasteiger partial charge on any atom is 0.270 e. The predicted molar refractivity (Wildman–Crippen MR) is 70.7 cm³/mol. The van der Waals surface area contributed by atoms with E-state index in [-0.39, 0.29) is 22.2 Å². The fourth-order valence-electron chi connectivity index (χ4n) is 1.56. The van der Waals surface area contributed by atoms with Crippen LogP contribution in [0.3, 0.4) is 0 Å². The average molecular weight is 286 g/mol. The Morgan fingerprint density at radius 1 is 1.40 bits per heavy atom. The predicted octanol–water partition coefficient (Wildman–Crippen LogP) is 0.151. The molecular weight excluding hydrogens is 278 g/mol. The Bertz CT molecular complexity index is 735. The molecule has 0 aliphatic rings. The summed E-state index contributed by atoms with van der Waals surface area (Å²) in [4.78, 5) is 28.8. The van der Waals surface area contributed by atoms with Crippen LogP contribution in [0.15, 0.2) is 40.3 Å². The maximum absolute atomic E-state index is 11.8. The van der Waals surface area contributed by atoms with E-state index in [0.717, 1.165) is 11.8 Å². The molecule has 0 spiro atoms. The highest BCUT2D eigenvalue weighted by molar-refractivity contribution is 7.99. The largest absolute Gasteiger partial charge is 0.549 e. The second kappa shape index (κ2) is 6.04. The lowest BCUT2D eigenvalue weighted by molar-refractivity contribution is -0.301. The number of H-pyrrole nitrogens is 1. The molecule has 0 aliphatic carbocycles. The summed E-state index contributed by atoms with van der Waals surface area (Å²) >= 11 is 0.833. The molecule has 0 fully saturated rings. The number of hydrogen-bond donors (Lipinski definition) is 1. The van der Waals surface area contributed by atoms with Crippen LogP contribution >= 0.6 is 11.8 Å². The molecule has 0 unspecified atom stereocenters. The molecule has 0 bridgehead atoms. The van der Waals surface area contributed by atoms with Crippen LogP contribution in [-0.2, 0) is 4.79 Å². The molecule has 7 heteroatoms. The normalized spacial score (nSPS) is 9.95. The Morgan fingerprint density at radius 3 is 2.70 bits per heavy atom. The van der Waals surface area contributed by atoms with Crippen LogP contribution < -0.4 is 10.7 Å². The molecule has 2 aromatic rings. The highest BCUT2D eigenvalue weighted by Gasteiger charge is 2.13. The highest BCUT2D eigenvalue weighted by Crippen LogP contribution is 2.21. The molecule has 100 valence electrons. The van der Waals surface area contributed by atoms with E-state index in [0.29, 0.717) is 5.56 Å². The minimum atomic E-state index is -1.26. The number of nitrogens with zero attached hydrogens (tertiary/aromatic N) is 2. The van der Waals surface area contributed by atoms with Gasteiger partial charge in [-0.15, -0.1) is 0 Å². The topological polar surface area (TPSA) is 110 Å². The quantitative estimate of drug-likeness (QED) is 0.633. The summed E-state index contributed by atoms with van der Waals surface area (Å²) in [5.41, 5.74) is 0.152. The van der Waals surface area contributed by atoms with Gasteiger partial charge in [-0.25, -0.2) is 4.98 Å². The van der Waals surface area contributed by atoms with Crippen molar-refractivity contribution in [3.05, 3.63) is 46.2 Å². The second-order valence-electron chi connectivity index (χ2n) is 3.73. The van der Waals surface area contributed by atoms with E-state index in [2.05, 4.69) is 9.97 Å². The standard InChI is InChI=1S/C13H9N3O3S/c14-6-9-11(8-4-2-1-3-5-8)15-13(16-12(9)19)20-7-10(17)18/h1-5H,7H2,(H,17,18)(H,15,16,19)/p-1. The lowest BCUT2D eigenvalue weighted by Crippen LogP contribution is -2.25. The molecule has 1 heterocycles. The molecule has 2 rings (SSSR count). The molecule has 0 saturated carbocycles. The summed E-state index contributed by atoms with van der Waals surface area (Å²) in [5, 5.41) is 19.6. The zero-order chi connectivity index (χ0) is 14.5. The van der Waals surface area contributed by atoms with Gasteiger partial charge in [-0.2, -0.15) is 5.26 Å². The smallest absolute Gasteiger partial charge is 0.270 e. The van der Waals surface area contributed by atoms with E-state index in [9.17, 15) is 14.7 Å². The van der Waals surface area contributed by atoms with Crippen LogP contribution in [-0.4, -0.2) is 21.7 Å². The van der Waals surface area contributed by atoms with Gasteiger partial charge in [0.25, 0.3) is 5.56 Å². The molecule has 1 aromatic heterocycles. The zero-order valence-corrected chi connectivity index (χ0v) is 10.9. The Hall–Kier alpha value is -2.59. The Morgan fingerprint density at radius 2 is 2.10 bits per heavy atom. The third kappa shape index (κ3) is 3.05. The van der Waals surface area contributed by atoms with Gasteiger partial charge in [0, 0.05) is 11.3 Å². The van der Waals surface area contributed by atoms with Crippen molar-refractivity contribution in [2.75, 3.05) is 5.75 Å². The van der Waals surface area contributed by atoms with Crippen molar-refractivity contribution in [3.63, 3.8) is 0 Å². The van der Waals surface area contributed by atoms with Crippen LogP contribution in [0.2, 0.25) is 0 Å². The molecule has 6 nitrogen and oxygen atoms in total. The fourth-order valence-corrected chi connectivity index (χ4v) is 2.13. The van der Waals surface area contributed by atoms with Crippen LogP contribution in [0, 0.1) is 11.3 Å². The number of aromatic amines is 1. The third-order valence-corrected chi connectivity index (χ3v) is 3.23. The van der Waals surface area contributed by atoms with Gasteiger partial charge in [-0.3, -0.25) is 4.79 Å². The van der Waals surface area contributed by atoms with E-state index < -0.39 is 11.5 Å². The van der Waals surface area contributed by atoms with E-state index in [1.807, 2.05) is 6.07 Å². The van der Waals surface area contributed by atoms with Gasteiger partial charge in [-0.05, 0) is 0 Å². The molecule has 0 saturated heterocycles. The summed E-state index contributed by atoms with van der Waals surface area (Å²) in [7, 11) is 0. The average Bonchev–Trinajstić information content (AvgIpc) is 2.45. The van der Waals surface area contributed by atoms with Crippen molar-refractivity contribution >= 4 is 17.7 Å². The van der Waals surface area contributed by atoms with E-state index in [1.54, 1.807) is 30.3 Å². The number of hydrogen-bond acceptors (Lipinski definition) is 6. The molecular formula is C13H8N3O3S-. The van der Waals surface area contributed by atoms with Crippen molar-refractivity contribution in [1.82, 2.24) is 9.97 Å². The Labute approximate surface area is 118 Å². The summed E-state index contributed by atoms with van der Waals surface area (Å²) in [5.74, 6) is -1.59. The van der Waals surface area contributed by atoms with E-state index >= 15 is 0 Å². The first-order valence-electron chi connectivity index (χ1n) is 5.54. The Balaban J connectivity index is 2.52. The van der Waals surface area contributed by atoms with Gasteiger partial charge in [0.2, 0.25) is 0 Å². The van der Waals surface area contributed by atoms with Gasteiger partial charge >= 0.3 is 0 Å². The molecule has 0 aliphatic heterocycles. The van der Waals surface area contributed by atoms with Crippen LogP contribution in [0.1, 0.15) is 5.56 Å². The van der Waals surface area contributed by atoms with Crippen molar-refractivity contribution in [3.8, 4) is 17.3 Å². The number of thioether (sulfide) groups is 1. The number of nitrogens with one attached hydrogen (secondary N) is 1. The zero-order valence-electron chi connectivity index (χ0n) is 10.1. The molecule has 1 N–H and O–H groups in total. The second-order valence-corrected chi connectivity index (χ2v) is 4.70. The molecule has 0 radical (unpaired) electrons.